The SMILES string of the molecule is Bc1cc(CNCC(OC)OC)sc1C. The van der Waals surface area contributed by atoms with Crippen LogP contribution in [0, 0.1) is 6.92 Å². The average molecular weight is 227 g/mol. The monoisotopic (exact) mass is 227 g/mol. The first kappa shape index (κ1) is 12.7. The minimum absolute atomic E-state index is 0.160. The van der Waals surface area contributed by atoms with Crippen molar-refractivity contribution in [3.63, 3.8) is 0 Å². The van der Waals surface area contributed by atoms with E-state index >= 15 is 0 Å². The van der Waals surface area contributed by atoms with Gasteiger partial charge in [-0.05, 0) is 11.8 Å². The topological polar surface area (TPSA) is 30.5 Å². The number of rotatable bonds is 6. The molecule has 1 heterocycles. The molecule has 1 rings (SSSR count). The van der Waals surface area contributed by atoms with Crippen LogP contribution in [0.5, 0.6) is 0 Å². The fourth-order valence-electron chi connectivity index (χ4n) is 1.31. The van der Waals surface area contributed by atoms with Gasteiger partial charge in [-0.15, -0.1) is 11.3 Å². The van der Waals surface area contributed by atoms with Crippen LogP contribution in [0.15, 0.2) is 6.07 Å². The van der Waals surface area contributed by atoms with Crippen LogP contribution >= 0.6 is 11.3 Å². The molecule has 1 aromatic heterocycles. The van der Waals surface area contributed by atoms with Gasteiger partial charge in [-0.1, -0.05) is 11.5 Å². The van der Waals surface area contributed by atoms with E-state index in [-0.39, 0.29) is 6.29 Å². The van der Waals surface area contributed by atoms with Gasteiger partial charge >= 0.3 is 0 Å². The molecular weight excluding hydrogens is 209 g/mol. The predicted octanol–water partition coefficient (Wildman–Crippen LogP) is 0.0234. The summed E-state index contributed by atoms with van der Waals surface area (Å²) in [7, 11) is 5.44. The van der Waals surface area contributed by atoms with E-state index in [4.69, 9.17) is 9.47 Å². The Kier molecular flexibility index (Phi) is 5.32. The molecule has 0 aliphatic heterocycles. The Morgan fingerprint density at radius 3 is 2.60 bits per heavy atom. The van der Waals surface area contributed by atoms with Gasteiger partial charge < -0.3 is 14.8 Å². The van der Waals surface area contributed by atoms with Crippen molar-refractivity contribution in [3.8, 4) is 0 Å². The Labute approximate surface area is 96.2 Å². The molecule has 1 aromatic rings. The zero-order valence-corrected chi connectivity index (χ0v) is 10.6. The van der Waals surface area contributed by atoms with Gasteiger partial charge in [0.25, 0.3) is 0 Å². The molecular formula is C10H18BNO2S. The van der Waals surface area contributed by atoms with Crippen molar-refractivity contribution in [3.05, 3.63) is 15.8 Å². The second-order valence-electron chi connectivity index (χ2n) is 3.48. The smallest absolute Gasteiger partial charge is 0.169 e. The van der Waals surface area contributed by atoms with Gasteiger partial charge in [0, 0.05) is 32.2 Å². The maximum Gasteiger partial charge on any atom is 0.169 e. The third kappa shape index (κ3) is 3.95. The van der Waals surface area contributed by atoms with Crippen molar-refractivity contribution < 1.29 is 9.47 Å². The summed E-state index contributed by atoms with van der Waals surface area (Å²) < 4.78 is 10.2. The van der Waals surface area contributed by atoms with E-state index in [9.17, 15) is 0 Å². The molecule has 0 aliphatic carbocycles. The largest absolute Gasteiger partial charge is 0.355 e. The highest BCUT2D eigenvalue weighted by Crippen LogP contribution is 2.11. The molecule has 0 spiro atoms. The predicted molar refractivity (Wildman–Crippen MR) is 66.7 cm³/mol. The van der Waals surface area contributed by atoms with Gasteiger partial charge in [0.1, 0.15) is 7.85 Å². The minimum Gasteiger partial charge on any atom is -0.355 e. The second-order valence-corrected chi connectivity index (χ2v) is 4.82. The Balaban J connectivity index is 2.31. The van der Waals surface area contributed by atoms with Gasteiger partial charge in [-0.3, -0.25) is 0 Å². The lowest BCUT2D eigenvalue weighted by molar-refractivity contribution is -0.0988. The van der Waals surface area contributed by atoms with Crippen LogP contribution in [0.3, 0.4) is 0 Å². The second kappa shape index (κ2) is 6.28. The van der Waals surface area contributed by atoms with E-state index < -0.39 is 0 Å². The number of nitrogens with one attached hydrogen (secondary N) is 1. The number of hydrogen-bond donors (Lipinski definition) is 1. The Bertz CT molecular complexity index is 280. The number of methoxy groups -OCH3 is 2. The quantitative estimate of drug-likeness (QED) is 0.549. The van der Waals surface area contributed by atoms with Crippen molar-refractivity contribution in [1.82, 2.24) is 5.32 Å². The van der Waals surface area contributed by atoms with E-state index in [2.05, 4.69) is 26.2 Å². The molecule has 0 fully saturated rings. The van der Waals surface area contributed by atoms with Gasteiger partial charge in [0.15, 0.2) is 6.29 Å². The van der Waals surface area contributed by atoms with Crippen LogP contribution in [0.25, 0.3) is 0 Å². The summed E-state index contributed by atoms with van der Waals surface area (Å²) in [6.45, 7) is 3.74. The van der Waals surface area contributed by atoms with Crippen molar-refractivity contribution in [2.24, 2.45) is 0 Å². The van der Waals surface area contributed by atoms with Crippen LogP contribution in [0.2, 0.25) is 0 Å². The summed E-state index contributed by atoms with van der Waals surface area (Å²) in [6, 6.07) is 2.22. The van der Waals surface area contributed by atoms with Crippen molar-refractivity contribution in [2.75, 3.05) is 20.8 Å². The summed E-state index contributed by atoms with van der Waals surface area (Å²) in [5, 5.41) is 3.30. The maximum atomic E-state index is 5.09. The first-order valence-electron chi connectivity index (χ1n) is 4.99. The van der Waals surface area contributed by atoms with Gasteiger partial charge in [-0.25, -0.2) is 0 Å². The molecule has 0 atom stereocenters. The molecule has 0 radical (unpaired) electrons. The molecule has 3 nitrogen and oxygen atoms in total. The molecule has 5 heteroatoms. The summed E-state index contributed by atoms with van der Waals surface area (Å²) in [4.78, 5) is 2.75. The molecule has 0 saturated heterocycles. The molecule has 1 N–H and O–H groups in total. The molecule has 0 saturated carbocycles. The molecule has 0 amide bonds. The number of aryl methyl sites for hydroxylation is 1. The molecule has 15 heavy (non-hydrogen) atoms. The van der Waals surface area contributed by atoms with Crippen molar-refractivity contribution in [1.29, 1.82) is 0 Å². The minimum atomic E-state index is -0.160. The lowest BCUT2D eigenvalue weighted by Crippen LogP contribution is -2.29. The van der Waals surface area contributed by atoms with Crippen molar-refractivity contribution in [2.45, 2.75) is 19.8 Å². The lowest BCUT2D eigenvalue weighted by atomic mass is 9.97. The highest BCUT2D eigenvalue weighted by molar-refractivity contribution is 7.13. The highest BCUT2D eigenvalue weighted by atomic mass is 32.1. The number of thiophene rings is 1. The standard InChI is InChI=1S/C10H18BNO2S/c1-7-9(11)4-8(15-7)5-12-6-10(13-2)14-3/h4,10,12H,5-6,11H2,1-3H3. The lowest BCUT2D eigenvalue weighted by Gasteiger charge is -2.13. The van der Waals surface area contributed by atoms with Gasteiger partial charge in [-0.2, -0.15) is 0 Å². The summed E-state index contributed by atoms with van der Waals surface area (Å²) >= 11 is 1.84. The van der Waals surface area contributed by atoms with Crippen LogP contribution in [0.1, 0.15) is 9.75 Å². The Morgan fingerprint density at radius 1 is 1.47 bits per heavy atom. The van der Waals surface area contributed by atoms with Gasteiger partial charge in [0.05, 0.1) is 0 Å². The van der Waals surface area contributed by atoms with Gasteiger partial charge in [0.2, 0.25) is 0 Å². The molecule has 0 aromatic carbocycles. The van der Waals surface area contributed by atoms with E-state index in [1.807, 2.05) is 11.3 Å². The first-order valence-corrected chi connectivity index (χ1v) is 5.81. The average Bonchev–Trinajstić information content (AvgIpc) is 2.53. The highest BCUT2D eigenvalue weighted by Gasteiger charge is 2.05. The molecule has 0 bridgehead atoms. The number of hydrogen-bond acceptors (Lipinski definition) is 4. The Hall–Kier alpha value is -0.355. The molecule has 0 aliphatic rings. The van der Waals surface area contributed by atoms with Crippen LogP contribution in [-0.2, 0) is 16.0 Å². The fourth-order valence-corrected chi connectivity index (χ4v) is 2.34. The number of ether oxygens (including phenoxy) is 2. The normalized spacial score (nSPS) is 11.2. The third-order valence-corrected chi connectivity index (χ3v) is 3.51. The summed E-state index contributed by atoms with van der Waals surface area (Å²) in [6.07, 6.45) is -0.160. The summed E-state index contributed by atoms with van der Waals surface area (Å²) in [5.41, 5.74) is 1.37. The van der Waals surface area contributed by atoms with Crippen LogP contribution in [-0.4, -0.2) is 34.9 Å². The third-order valence-electron chi connectivity index (χ3n) is 2.35. The van der Waals surface area contributed by atoms with Crippen LogP contribution < -0.4 is 10.8 Å². The maximum absolute atomic E-state index is 5.09. The zero-order valence-electron chi connectivity index (χ0n) is 9.79. The van der Waals surface area contributed by atoms with E-state index in [0.29, 0.717) is 6.54 Å². The van der Waals surface area contributed by atoms with E-state index in [0.717, 1.165) is 6.54 Å². The van der Waals surface area contributed by atoms with E-state index in [1.54, 1.807) is 14.2 Å². The Morgan fingerprint density at radius 2 is 2.13 bits per heavy atom. The van der Waals surface area contributed by atoms with Crippen LogP contribution in [0.4, 0.5) is 0 Å². The fraction of sp³-hybridized carbons (Fsp3) is 0.600. The first-order chi connectivity index (χ1) is 7.17. The molecule has 84 valence electrons. The molecule has 0 unspecified atom stereocenters. The van der Waals surface area contributed by atoms with Crippen molar-refractivity contribution >= 4 is 24.6 Å². The zero-order chi connectivity index (χ0) is 11.3. The van der Waals surface area contributed by atoms with E-state index in [1.165, 1.54) is 15.2 Å². The summed E-state index contributed by atoms with van der Waals surface area (Å²) in [5.74, 6) is 0.